The molecule has 0 bridgehead atoms. The molecule has 2 N–H and O–H groups in total. The number of methoxy groups -OCH3 is 1. The van der Waals surface area contributed by atoms with Crippen LogP contribution in [0.2, 0.25) is 0 Å². The van der Waals surface area contributed by atoms with Crippen molar-refractivity contribution in [2.45, 2.75) is 26.2 Å². The molecule has 0 aliphatic rings. The molecule has 0 aliphatic carbocycles. The van der Waals surface area contributed by atoms with Gasteiger partial charge in [0.2, 0.25) is 0 Å². The first-order valence-corrected chi connectivity index (χ1v) is 7.41. The molecule has 0 saturated heterocycles. The third kappa shape index (κ3) is 4.47. The van der Waals surface area contributed by atoms with Gasteiger partial charge in [0.15, 0.2) is 5.75 Å². The van der Waals surface area contributed by atoms with Crippen LogP contribution in [0.15, 0.2) is 42.5 Å². The fourth-order valence-electron chi connectivity index (χ4n) is 2.14. The summed E-state index contributed by atoms with van der Waals surface area (Å²) in [6.07, 6.45) is 0.140. The Kier molecular flexibility index (Phi) is 5.60. The van der Waals surface area contributed by atoms with Crippen molar-refractivity contribution in [1.82, 2.24) is 0 Å². The molecule has 2 aromatic carbocycles. The van der Waals surface area contributed by atoms with Crippen molar-refractivity contribution in [3.8, 4) is 11.5 Å². The van der Waals surface area contributed by atoms with Crippen LogP contribution in [0.5, 0.6) is 11.5 Å². The number of esters is 1. The Morgan fingerprint density at radius 3 is 2.43 bits per heavy atom. The van der Waals surface area contributed by atoms with Crippen molar-refractivity contribution >= 4 is 11.7 Å². The molecule has 0 radical (unpaired) electrons. The average molecular weight is 315 g/mol. The predicted molar refractivity (Wildman–Crippen MR) is 88.3 cm³/mol. The third-order valence-corrected chi connectivity index (χ3v) is 3.52. The van der Waals surface area contributed by atoms with E-state index in [9.17, 15) is 4.79 Å². The highest BCUT2D eigenvalue weighted by Crippen LogP contribution is 2.29. The van der Waals surface area contributed by atoms with Crippen molar-refractivity contribution < 1.29 is 19.5 Å². The summed E-state index contributed by atoms with van der Waals surface area (Å²) in [5.41, 5.74) is 4.26. The molecule has 0 atom stereocenters. The van der Waals surface area contributed by atoms with Gasteiger partial charge in [-0.15, -0.1) is 0 Å². The Hall–Kier alpha value is -2.53. The Morgan fingerprint density at radius 1 is 1.17 bits per heavy atom. The van der Waals surface area contributed by atoms with E-state index in [1.54, 1.807) is 31.4 Å². The SMILES string of the molecule is COc1ccc(CC(=O)Oc2cc(C(C)C)ccc2NO)cc1. The zero-order valence-corrected chi connectivity index (χ0v) is 13.5. The first-order chi connectivity index (χ1) is 11.0. The van der Waals surface area contributed by atoms with Crippen molar-refractivity contribution in [2.24, 2.45) is 0 Å². The highest BCUT2D eigenvalue weighted by atomic mass is 16.5. The lowest BCUT2D eigenvalue weighted by Crippen LogP contribution is -2.12. The monoisotopic (exact) mass is 315 g/mol. The van der Waals surface area contributed by atoms with Crippen LogP contribution in [0.25, 0.3) is 0 Å². The Labute approximate surface area is 135 Å². The molecule has 23 heavy (non-hydrogen) atoms. The molecule has 122 valence electrons. The highest BCUT2D eigenvalue weighted by molar-refractivity contribution is 5.77. The minimum atomic E-state index is -0.396. The zero-order chi connectivity index (χ0) is 16.8. The number of rotatable bonds is 6. The number of carbonyl (C=O) groups excluding carboxylic acids is 1. The maximum Gasteiger partial charge on any atom is 0.315 e. The number of carbonyl (C=O) groups is 1. The summed E-state index contributed by atoms with van der Waals surface area (Å²) in [5, 5.41) is 9.15. The van der Waals surface area contributed by atoms with Gasteiger partial charge in [-0.25, -0.2) is 0 Å². The van der Waals surface area contributed by atoms with Crippen LogP contribution in [-0.4, -0.2) is 18.3 Å². The molecule has 0 saturated carbocycles. The van der Waals surface area contributed by atoms with Gasteiger partial charge in [0.1, 0.15) is 11.4 Å². The summed E-state index contributed by atoms with van der Waals surface area (Å²) in [4.78, 5) is 12.1. The van der Waals surface area contributed by atoms with Gasteiger partial charge in [-0.05, 0) is 41.3 Å². The normalized spacial score (nSPS) is 10.5. The van der Waals surface area contributed by atoms with Gasteiger partial charge in [0.05, 0.1) is 13.5 Å². The molecule has 0 spiro atoms. The predicted octanol–water partition coefficient (Wildman–Crippen LogP) is 3.77. The van der Waals surface area contributed by atoms with E-state index in [0.717, 1.165) is 16.9 Å². The molecule has 0 amide bonds. The fourth-order valence-corrected chi connectivity index (χ4v) is 2.14. The molecular formula is C18H21NO4. The van der Waals surface area contributed by atoms with Crippen LogP contribution in [0.1, 0.15) is 30.9 Å². The van der Waals surface area contributed by atoms with Crippen LogP contribution in [0, 0.1) is 0 Å². The fraction of sp³-hybridized carbons (Fsp3) is 0.278. The van der Waals surface area contributed by atoms with E-state index in [1.165, 1.54) is 0 Å². The summed E-state index contributed by atoms with van der Waals surface area (Å²) in [5.74, 6) is 0.949. The van der Waals surface area contributed by atoms with Gasteiger partial charge < -0.3 is 9.47 Å². The quantitative estimate of drug-likeness (QED) is 0.482. The highest BCUT2D eigenvalue weighted by Gasteiger charge is 2.12. The summed E-state index contributed by atoms with van der Waals surface area (Å²) >= 11 is 0. The molecule has 0 aromatic heterocycles. The summed E-state index contributed by atoms with van der Waals surface area (Å²) in [6, 6.07) is 12.5. The zero-order valence-electron chi connectivity index (χ0n) is 13.5. The Morgan fingerprint density at radius 2 is 1.87 bits per heavy atom. The number of ether oxygens (including phenoxy) is 2. The van der Waals surface area contributed by atoms with E-state index >= 15 is 0 Å². The summed E-state index contributed by atoms with van der Waals surface area (Å²) in [7, 11) is 1.59. The number of hydrogen-bond acceptors (Lipinski definition) is 5. The number of benzene rings is 2. The molecule has 0 aliphatic heterocycles. The summed E-state index contributed by atoms with van der Waals surface area (Å²) in [6.45, 7) is 4.09. The lowest BCUT2D eigenvalue weighted by Gasteiger charge is -2.13. The number of anilines is 1. The second-order valence-corrected chi connectivity index (χ2v) is 5.52. The van der Waals surface area contributed by atoms with Gasteiger partial charge in [-0.2, -0.15) is 0 Å². The molecule has 0 fully saturated rings. The van der Waals surface area contributed by atoms with Gasteiger partial charge in [0.25, 0.3) is 0 Å². The molecule has 5 nitrogen and oxygen atoms in total. The maximum atomic E-state index is 12.1. The molecule has 2 aromatic rings. The minimum absolute atomic E-state index is 0.140. The van der Waals surface area contributed by atoms with Crippen LogP contribution >= 0.6 is 0 Å². The van der Waals surface area contributed by atoms with E-state index in [1.807, 2.05) is 32.0 Å². The van der Waals surface area contributed by atoms with Crippen LogP contribution in [0.4, 0.5) is 5.69 Å². The van der Waals surface area contributed by atoms with Gasteiger partial charge in [-0.1, -0.05) is 32.0 Å². The Balaban J connectivity index is 2.10. The van der Waals surface area contributed by atoms with Crippen molar-refractivity contribution in [1.29, 1.82) is 0 Å². The first kappa shape index (κ1) is 16.8. The molecule has 0 unspecified atom stereocenters. The Bertz CT molecular complexity index is 665. The van der Waals surface area contributed by atoms with Crippen molar-refractivity contribution in [3.05, 3.63) is 53.6 Å². The maximum absolute atomic E-state index is 12.1. The van der Waals surface area contributed by atoms with Gasteiger partial charge in [-0.3, -0.25) is 15.5 Å². The van der Waals surface area contributed by atoms with E-state index in [-0.39, 0.29) is 6.42 Å². The number of nitrogens with one attached hydrogen (secondary N) is 1. The number of hydrogen-bond donors (Lipinski definition) is 2. The second-order valence-electron chi connectivity index (χ2n) is 5.52. The van der Waals surface area contributed by atoms with Crippen molar-refractivity contribution in [2.75, 3.05) is 12.6 Å². The standard InChI is InChI=1S/C18H21NO4/c1-12(2)14-6-9-16(19-21)17(11-14)23-18(20)10-13-4-7-15(22-3)8-5-13/h4-9,11-12,19,21H,10H2,1-3H3. The average Bonchev–Trinajstić information content (AvgIpc) is 2.55. The molecular weight excluding hydrogens is 294 g/mol. The first-order valence-electron chi connectivity index (χ1n) is 7.41. The largest absolute Gasteiger partial charge is 0.497 e. The lowest BCUT2D eigenvalue weighted by atomic mass is 10.0. The van der Waals surface area contributed by atoms with Gasteiger partial charge in [0, 0.05) is 0 Å². The lowest BCUT2D eigenvalue weighted by molar-refractivity contribution is -0.133. The van der Waals surface area contributed by atoms with E-state index in [2.05, 4.69) is 5.48 Å². The minimum Gasteiger partial charge on any atom is -0.497 e. The topological polar surface area (TPSA) is 67.8 Å². The van der Waals surface area contributed by atoms with E-state index in [0.29, 0.717) is 17.4 Å². The summed E-state index contributed by atoms with van der Waals surface area (Å²) < 4.78 is 10.5. The van der Waals surface area contributed by atoms with Crippen molar-refractivity contribution in [3.63, 3.8) is 0 Å². The van der Waals surface area contributed by atoms with Crippen LogP contribution in [-0.2, 0) is 11.2 Å². The molecule has 5 heteroatoms. The van der Waals surface area contributed by atoms with Crippen LogP contribution < -0.4 is 15.0 Å². The van der Waals surface area contributed by atoms with E-state index < -0.39 is 5.97 Å². The third-order valence-electron chi connectivity index (χ3n) is 3.52. The molecule has 2 rings (SSSR count). The smallest absolute Gasteiger partial charge is 0.315 e. The molecule has 0 heterocycles. The second kappa shape index (κ2) is 7.65. The van der Waals surface area contributed by atoms with Crippen LogP contribution in [0.3, 0.4) is 0 Å². The van der Waals surface area contributed by atoms with E-state index in [4.69, 9.17) is 14.7 Å². The van der Waals surface area contributed by atoms with Gasteiger partial charge >= 0.3 is 5.97 Å².